The molecule has 0 bridgehead atoms. The molecule has 1 aromatic heterocycles. The number of hydrogen-bond acceptors (Lipinski definition) is 3. The zero-order chi connectivity index (χ0) is 15.5. The molecule has 0 aliphatic carbocycles. The molecule has 2 aromatic carbocycles. The highest BCUT2D eigenvalue weighted by Crippen LogP contribution is 2.27. The molecule has 0 aliphatic heterocycles. The summed E-state index contributed by atoms with van der Waals surface area (Å²) in [6, 6.07) is 15.4. The summed E-state index contributed by atoms with van der Waals surface area (Å²) in [4.78, 5) is 24.6. The molecule has 0 saturated carbocycles. The van der Waals surface area contributed by atoms with Crippen molar-refractivity contribution in [3.63, 3.8) is 0 Å². The van der Waals surface area contributed by atoms with Crippen LogP contribution in [0.5, 0.6) is 0 Å². The number of hydrogen-bond donors (Lipinski definition) is 0. The maximum atomic E-state index is 12.4. The zero-order valence-electron chi connectivity index (χ0n) is 12.3. The Morgan fingerprint density at radius 2 is 1.73 bits per heavy atom. The second-order valence-electron chi connectivity index (χ2n) is 5.36. The van der Waals surface area contributed by atoms with E-state index in [1.807, 2.05) is 54.8 Å². The van der Waals surface area contributed by atoms with E-state index in [4.69, 9.17) is 0 Å². The molecule has 0 fully saturated rings. The van der Waals surface area contributed by atoms with Gasteiger partial charge in [-0.25, -0.2) is 0 Å². The van der Waals surface area contributed by atoms with E-state index in [-0.39, 0.29) is 24.4 Å². The summed E-state index contributed by atoms with van der Waals surface area (Å²) in [5, 5.41) is 2.88. The number of carbonyl (C=O) groups is 2. The quantitative estimate of drug-likeness (QED) is 0.618. The van der Waals surface area contributed by atoms with Crippen molar-refractivity contribution >= 4 is 33.0 Å². The van der Waals surface area contributed by atoms with Crippen LogP contribution in [0, 0.1) is 6.92 Å². The minimum Gasteiger partial charge on any atom is -0.294 e. The van der Waals surface area contributed by atoms with Gasteiger partial charge in [0.25, 0.3) is 0 Å². The maximum Gasteiger partial charge on any atom is 0.164 e. The third-order valence-electron chi connectivity index (χ3n) is 3.70. The molecule has 0 radical (unpaired) electrons. The average molecular weight is 308 g/mol. The summed E-state index contributed by atoms with van der Waals surface area (Å²) in [6.07, 6.45) is 0.514. The first kappa shape index (κ1) is 14.7. The van der Waals surface area contributed by atoms with Crippen LogP contribution in [-0.4, -0.2) is 11.6 Å². The summed E-state index contributed by atoms with van der Waals surface area (Å²) in [6.45, 7) is 1.96. The highest BCUT2D eigenvalue weighted by molar-refractivity contribution is 7.17. The van der Waals surface area contributed by atoms with Crippen LogP contribution in [0.25, 0.3) is 10.1 Å². The number of Topliss-reactive ketones (excluding diaryl/α,β-unsaturated/α-hetero) is 2. The van der Waals surface area contributed by atoms with Gasteiger partial charge in [0.15, 0.2) is 11.6 Å². The van der Waals surface area contributed by atoms with Crippen LogP contribution in [0.1, 0.15) is 39.1 Å². The van der Waals surface area contributed by atoms with E-state index in [1.54, 1.807) is 17.4 Å². The number of benzene rings is 2. The lowest BCUT2D eigenvalue weighted by Gasteiger charge is -2.02. The van der Waals surface area contributed by atoms with Crippen LogP contribution in [0.15, 0.2) is 53.9 Å². The highest BCUT2D eigenvalue weighted by atomic mass is 32.1. The van der Waals surface area contributed by atoms with Crippen molar-refractivity contribution in [3.8, 4) is 0 Å². The second kappa shape index (κ2) is 6.24. The third-order valence-corrected chi connectivity index (χ3v) is 4.66. The molecule has 110 valence electrons. The smallest absolute Gasteiger partial charge is 0.164 e. The monoisotopic (exact) mass is 308 g/mol. The Hall–Kier alpha value is -2.26. The fourth-order valence-corrected chi connectivity index (χ4v) is 3.48. The van der Waals surface area contributed by atoms with Gasteiger partial charge < -0.3 is 0 Å². The molecule has 0 N–H and O–H groups in total. The first-order valence-electron chi connectivity index (χ1n) is 7.24. The Morgan fingerprint density at radius 3 is 2.55 bits per heavy atom. The Kier molecular flexibility index (Phi) is 4.16. The first-order valence-corrected chi connectivity index (χ1v) is 8.12. The lowest BCUT2D eigenvalue weighted by Crippen LogP contribution is -2.05. The van der Waals surface area contributed by atoms with E-state index in [1.165, 1.54) is 0 Å². The Bertz CT molecular complexity index is 845. The van der Waals surface area contributed by atoms with Crippen molar-refractivity contribution in [2.45, 2.75) is 19.8 Å². The number of rotatable bonds is 5. The fraction of sp³-hybridized carbons (Fsp3) is 0.158. The molecule has 3 aromatic rings. The lowest BCUT2D eigenvalue weighted by molar-refractivity contribution is 0.0918. The van der Waals surface area contributed by atoms with E-state index in [0.29, 0.717) is 5.56 Å². The summed E-state index contributed by atoms with van der Waals surface area (Å²) in [5.74, 6) is 0.0649. The van der Waals surface area contributed by atoms with Gasteiger partial charge in [0, 0.05) is 39.4 Å². The van der Waals surface area contributed by atoms with Crippen LogP contribution in [0.4, 0.5) is 0 Å². The summed E-state index contributed by atoms with van der Waals surface area (Å²) >= 11 is 1.57. The highest BCUT2D eigenvalue weighted by Gasteiger charge is 2.14. The third kappa shape index (κ3) is 3.00. The van der Waals surface area contributed by atoms with E-state index in [2.05, 4.69) is 0 Å². The molecule has 0 unspecified atom stereocenters. The second-order valence-corrected chi connectivity index (χ2v) is 6.27. The molecule has 0 spiro atoms. The van der Waals surface area contributed by atoms with Gasteiger partial charge in [-0.2, -0.15) is 0 Å². The van der Waals surface area contributed by atoms with Gasteiger partial charge in [-0.15, -0.1) is 11.3 Å². The number of ketones is 2. The predicted molar refractivity (Wildman–Crippen MR) is 90.9 cm³/mol. The number of aryl methyl sites for hydroxylation is 1. The van der Waals surface area contributed by atoms with Crippen LogP contribution in [-0.2, 0) is 0 Å². The van der Waals surface area contributed by atoms with Gasteiger partial charge in [0.1, 0.15) is 0 Å². The molecule has 0 aliphatic rings. The van der Waals surface area contributed by atoms with Gasteiger partial charge >= 0.3 is 0 Å². The predicted octanol–water partition coefficient (Wildman–Crippen LogP) is 5.06. The van der Waals surface area contributed by atoms with E-state index in [9.17, 15) is 9.59 Å². The van der Waals surface area contributed by atoms with Crippen LogP contribution < -0.4 is 0 Å². The van der Waals surface area contributed by atoms with E-state index < -0.39 is 0 Å². The Labute approximate surface area is 133 Å². The van der Waals surface area contributed by atoms with Crippen molar-refractivity contribution in [2.75, 3.05) is 0 Å². The normalized spacial score (nSPS) is 10.8. The standard InChI is InChI=1S/C19H16O2S/c1-13-5-4-6-14(11-13)17(20)9-10-18(21)16-12-22-19-8-3-2-7-15(16)19/h2-8,11-12H,9-10H2,1H3. The van der Waals surface area contributed by atoms with Crippen LogP contribution in [0.2, 0.25) is 0 Å². The summed E-state index contributed by atoms with van der Waals surface area (Å²) in [7, 11) is 0. The van der Waals surface area contributed by atoms with Crippen LogP contribution >= 0.6 is 11.3 Å². The molecule has 3 rings (SSSR count). The van der Waals surface area contributed by atoms with Gasteiger partial charge in [-0.05, 0) is 19.1 Å². The summed E-state index contributed by atoms with van der Waals surface area (Å²) < 4.78 is 1.11. The van der Waals surface area contributed by atoms with E-state index in [0.717, 1.165) is 21.2 Å². The minimum absolute atomic E-state index is 0.0246. The largest absolute Gasteiger partial charge is 0.294 e. The van der Waals surface area contributed by atoms with E-state index >= 15 is 0 Å². The van der Waals surface area contributed by atoms with Crippen molar-refractivity contribution in [2.24, 2.45) is 0 Å². The van der Waals surface area contributed by atoms with Crippen molar-refractivity contribution in [1.29, 1.82) is 0 Å². The topological polar surface area (TPSA) is 34.1 Å². The molecule has 2 nitrogen and oxygen atoms in total. The fourth-order valence-electron chi connectivity index (χ4n) is 2.52. The Balaban J connectivity index is 1.71. The van der Waals surface area contributed by atoms with Gasteiger partial charge in [-0.1, -0.05) is 42.0 Å². The van der Waals surface area contributed by atoms with Gasteiger partial charge in [0.05, 0.1) is 0 Å². The molecule has 1 heterocycles. The lowest BCUT2D eigenvalue weighted by atomic mass is 10.0. The number of fused-ring (bicyclic) bond motifs is 1. The maximum absolute atomic E-state index is 12.4. The molecule has 0 saturated heterocycles. The molecule has 22 heavy (non-hydrogen) atoms. The van der Waals surface area contributed by atoms with Crippen molar-refractivity contribution in [3.05, 3.63) is 70.6 Å². The molecule has 3 heteroatoms. The SMILES string of the molecule is Cc1cccc(C(=O)CCC(=O)c2csc3ccccc23)c1. The summed E-state index contributed by atoms with van der Waals surface area (Å²) in [5.41, 5.74) is 2.47. The zero-order valence-corrected chi connectivity index (χ0v) is 13.2. The minimum atomic E-state index is 0.0246. The van der Waals surface area contributed by atoms with Crippen molar-refractivity contribution < 1.29 is 9.59 Å². The molecule has 0 atom stereocenters. The number of thiophene rings is 1. The van der Waals surface area contributed by atoms with Gasteiger partial charge in [0.2, 0.25) is 0 Å². The molecular weight excluding hydrogens is 292 g/mol. The average Bonchev–Trinajstić information content (AvgIpc) is 2.96. The van der Waals surface area contributed by atoms with Crippen molar-refractivity contribution in [1.82, 2.24) is 0 Å². The van der Waals surface area contributed by atoms with Crippen LogP contribution in [0.3, 0.4) is 0 Å². The Morgan fingerprint density at radius 1 is 0.955 bits per heavy atom. The first-order chi connectivity index (χ1) is 10.6. The van der Waals surface area contributed by atoms with Gasteiger partial charge in [-0.3, -0.25) is 9.59 Å². The number of carbonyl (C=O) groups excluding carboxylic acids is 2. The molecular formula is C19H16O2S. The molecule has 0 amide bonds.